The van der Waals surface area contributed by atoms with E-state index in [1.165, 1.54) is 42.8 Å². The van der Waals surface area contributed by atoms with Gasteiger partial charge in [-0.1, -0.05) is 18.2 Å². The minimum atomic E-state index is -0.395. The molecule has 0 radical (unpaired) electrons. The predicted octanol–water partition coefficient (Wildman–Crippen LogP) is 3.11. The maximum Gasteiger partial charge on any atom is 0.207 e. The van der Waals surface area contributed by atoms with E-state index in [0.29, 0.717) is 11.1 Å². The first-order valence-corrected chi connectivity index (χ1v) is 6.92. The zero-order valence-corrected chi connectivity index (χ0v) is 12.6. The van der Waals surface area contributed by atoms with Gasteiger partial charge in [0.1, 0.15) is 11.6 Å². The van der Waals surface area contributed by atoms with Gasteiger partial charge in [0.05, 0.1) is 12.4 Å². The van der Waals surface area contributed by atoms with Crippen LogP contribution in [-0.4, -0.2) is 17.5 Å². The number of nitrogens with zero attached hydrogens (tertiary/aromatic N) is 2. The minimum absolute atomic E-state index is 0.134. The third-order valence-corrected chi connectivity index (χ3v) is 2.68. The highest BCUT2D eigenvalue weighted by Gasteiger charge is 1.95. The van der Waals surface area contributed by atoms with Crippen LogP contribution in [-0.2, 0) is 0 Å². The van der Waals surface area contributed by atoms with Crippen molar-refractivity contribution in [2.75, 3.05) is 0 Å². The molecule has 0 spiro atoms. The number of thiocarbonyl (C=S) groups is 1. The standard InChI is InChI=1S/C16H12F2N4S/c17-14-6-2-1-4-12(8-14)10-19-21-16(23)22-20-11-13-5-3-7-15(18)9-13/h1-3,5-11H,(H2,21,22,23)/b19-10+,20-11+. The van der Waals surface area contributed by atoms with Crippen LogP contribution in [0.1, 0.15) is 5.56 Å². The maximum absolute atomic E-state index is 13.2. The first-order valence-electron chi connectivity index (χ1n) is 6.52. The molecular formula is C16H12F2N4S. The van der Waals surface area contributed by atoms with Gasteiger partial charge in [0.2, 0.25) is 5.11 Å². The summed E-state index contributed by atoms with van der Waals surface area (Å²) < 4.78 is 26.1. The highest BCUT2D eigenvalue weighted by molar-refractivity contribution is 7.80. The van der Waals surface area contributed by atoms with E-state index in [4.69, 9.17) is 12.2 Å². The summed E-state index contributed by atoms with van der Waals surface area (Å²) in [6.45, 7) is 0. The molecule has 2 rings (SSSR count). The first kappa shape index (κ1) is 16.5. The largest absolute Gasteiger partial charge is 0.252 e. The summed E-state index contributed by atoms with van der Waals surface area (Å²) >= 11 is 4.95. The second-order valence-electron chi connectivity index (χ2n) is 4.28. The third-order valence-electron chi connectivity index (χ3n) is 2.49. The summed E-state index contributed by atoms with van der Waals surface area (Å²) in [6.07, 6.45) is 8.49. The maximum atomic E-state index is 13.2. The fourth-order valence-corrected chi connectivity index (χ4v) is 1.64. The lowest BCUT2D eigenvalue weighted by Gasteiger charge is -2.00. The molecule has 0 heterocycles. The van der Waals surface area contributed by atoms with E-state index in [2.05, 4.69) is 26.8 Å². The number of hydrogen-bond acceptors (Lipinski definition) is 3. The van der Waals surface area contributed by atoms with Crippen molar-refractivity contribution in [2.45, 2.75) is 0 Å². The van der Waals surface area contributed by atoms with Gasteiger partial charge in [0.25, 0.3) is 0 Å². The Morgan fingerprint density at radius 3 is 2.74 bits per heavy atom. The van der Waals surface area contributed by atoms with Gasteiger partial charge in [-0.3, -0.25) is 10.9 Å². The van der Waals surface area contributed by atoms with Crippen LogP contribution >= 0.6 is 12.2 Å². The molecule has 0 bridgehead atoms. The molecule has 0 saturated heterocycles. The Labute approximate surface area is 137 Å². The Bertz CT molecular complexity index is 772. The second kappa shape index (κ2) is 8.53. The molecule has 4 nitrogen and oxygen atoms in total. The van der Waals surface area contributed by atoms with Crippen LogP contribution in [0.4, 0.5) is 8.78 Å². The van der Waals surface area contributed by atoms with E-state index in [1.54, 1.807) is 18.2 Å². The molecular weight excluding hydrogens is 318 g/mol. The Kier molecular flexibility index (Phi) is 6.11. The van der Waals surface area contributed by atoms with Crippen molar-refractivity contribution in [1.29, 1.82) is 0 Å². The Hall–Kier alpha value is -2.89. The average Bonchev–Trinajstić information content (AvgIpc) is 2.71. The molecule has 7 heteroatoms. The lowest BCUT2D eigenvalue weighted by atomic mass is 10.2. The Morgan fingerprint density at radius 1 is 1.17 bits per heavy atom. The molecule has 0 saturated carbocycles. The molecule has 0 amide bonds. The number of nitrogens with one attached hydrogen (secondary N) is 2. The van der Waals surface area contributed by atoms with Crippen molar-refractivity contribution in [1.82, 2.24) is 10.9 Å². The Balaban J connectivity index is 1.82. The molecule has 23 heavy (non-hydrogen) atoms. The topological polar surface area (TPSA) is 48.8 Å². The molecule has 0 aromatic heterocycles. The normalized spacial score (nSPS) is 13.8. The molecule has 1 aromatic rings. The average molecular weight is 330 g/mol. The van der Waals surface area contributed by atoms with E-state index in [9.17, 15) is 8.78 Å². The number of hydrogen-bond donors (Lipinski definition) is 2. The van der Waals surface area contributed by atoms with Crippen molar-refractivity contribution in [3.63, 3.8) is 0 Å². The quantitative estimate of drug-likeness (QED) is 0.386. The first-order chi connectivity index (χ1) is 11.1. The van der Waals surface area contributed by atoms with Gasteiger partial charge in [-0.25, -0.2) is 8.78 Å². The SMILES string of the molecule is FC1=CC(/C=N/NC(=S)N/N=C/c2cccc(F)c2)=C=CC=C1. The third kappa shape index (κ3) is 6.17. The van der Waals surface area contributed by atoms with E-state index in [0.717, 1.165) is 0 Å². The lowest BCUT2D eigenvalue weighted by molar-refractivity contribution is 0.627. The lowest BCUT2D eigenvalue weighted by Crippen LogP contribution is -2.28. The summed E-state index contributed by atoms with van der Waals surface area (Å²) in [4.78, 5) is 0. The number of benzene rings is 1. The minimum Gasteiger partial charge on any atom is -0.252 e. The zero-order valence-electron chi connectivity index (χ0n) is 11.8. The molecule has 2 N–H and O–H groups in total. The molecule has 116 valence electrons. The highest BCUT2D eigenvalue weighted by atomic mass is 32.1. The fraction of sp³-hybridized carbons (Fsp3) is 0. The summed E-state index contributed by atoms with van der Waals surface area (Å²) in [6, 6.07) is 5.95. The molecule has 0 atom stereocenters. The van der Waals surface area contributed by atoms with Crippen LogP contribution in [0.5, 0.6) is 0 Å². The van der Waals surface area contributed by atoms with Gasteiger partial charge < -0.3 is 0 Å². The van der Waals surface area contributed by atoms with Crippen molar-refractivity contribution in [2.24, 2.45) is 10.2 Å². The second-order valence-corrected chi connectivity index (χ2v) is 4.69. The van der Waals surface area contributed by atoms with Crippen molar-refractivity contribution in [3.05, 3.63) is 77.1 Å². The monoisotopic (exact) mass is 330 g/mol. The van der Waals surface area contributed by atoms with Gasteiger partial charge in [-0.15, -0.1) is 5.73 Å². The van der Waals surface area contributed by atoms with Crippen LogP contribution in [0, 0.1) is 5.82 Å². The van der Waals surface area contributed by atoms with Crippen LogP contribution in [0.2, 0.25) is 0 Å². The molecule has 0 fully saturated rings. The number of halogens is 2. The summed E-state index contributed by atoms with van der Waals surface area (Å²) in [7, 11) is 0. The highest BCUT2D eigenvalue weighted by Crippen LogP contribution is 2.06. The van der Waals surface area contributed by atoms with Crippen LogP contribution < -0.4 is 10.9 Å². The predicted molar refractivity (Wildman–Crippen MR) is 91.3 cm³/mol. The number of allylic oxidation sites excluding steroid dienone is 5. The molecule has 1 aliphatic carbocycles. The van der Waals surface area contributed by atoms with Crippen molar-refractivity contribution in [3.8, 4) is 0 Å². The summed E-state index contributed by atoms with van der Waals surface area (Å²) in [5, 5.41) is 7.82. The van der Waals surface area contributed by atoms with Crippen LogP contribution in [0.15, 0.2) is 75.9 Å². The summed E-state index contributed by atoms with van der Waals surface area (Å²) in [5.41, 5.74) is 8.91. The smallest absolute Gasteiger partial charge is 0.207 e. The van der Waals surface area contributed by atoms with E-state index in [1.807, 2.05) is 0 Å². The Morgan fingerprint density at radius 2 is 1.96 bits per heavy atom. The fourth-order valence-electron chi connectivity index (χ4n) is 1.54. The van der Waals surface area contributed by atoms with E-state index in [-0.39, 0.29) is 10.9 Å². The van der Waals surface area contributed by atoms with Gasteiger partial charge in [-0.05, 0) is 48.1 Å². The molecule has 0 unspecified atom stereocenters. The van der Waals surface area contributed by atoms with Gasteiger partial charge in [0, 0.05) is 5.57 Å². The van der Waals surface area contributed by atoms with Gasteiger partial charge >= 0.3 is 0 Å². The molecule has 0 aliphatic heterocycles. The van der Waals surface area contributed by atoms with Crippen molar-refractivity contribution >= 4 is 29.8 Å². The number of rotatable bonds is 4. The number of hydrazone groups is 2. The van der Waals surface area contributed by atoms with Crippen LogP contribution in [0.25, 0.3) is 0 Å². The van der Waals surface area contributed by atoms with Gasteiger partial charge in [0.15, 0.2) is 0 Å². The van der Waals surface area contributed by atoms with Gasteiger partial charge in [-0.2, -0.15) is 10.2 Å². The van der Waals surface area contributed by atoms with Crippen molar-refractivity contribution < 1.29 is 8.78 Å². The summed E-state index contributed by atoms with van der Waals surface area (Å²) in [5.74, 6) is -0.744. The zero-order chi connectivity index (χ0) is 16.5. The van der Waals surface area contributed by atoms with E-state index >= 15 is 0 Å². The van der Waals surface area contributed by atoms with E-state index < -0.39 is 5.83 Å². The molecule has 1 aromatic carbocycles. The molecule has 1 aliphatic rings. The van der Waals surface area contributed by atoms with Crippen LogP contribution in [0.3, 0.4) is 0 Å².